The molecule has 1 saturated carbocycles. The fourth-order valence-corrected chi connectivity index (χ4v) is 5.21. The molecule has 4 N–H and O–H groups in total. The van der Waals surface area contributed by atoms with E-state index < -0.39 is 0 Å². The lowest BCUT2D eigenvalue weighted by Gasteiger charge is -2.22. The van der Waals surface area contributed by atoms with Crippen molar-refractivity contribution < 1.29 is 9.18 Å². The third kappa shape index (κ3) is 4.87. The van der Waals surface area contributed by atoms with E-state index in [4.69, 9.17) is 0 Å². The summed E-state index contributed by atoms with van der Waals surface area (Å²) in [5.74, 6) is -0.0103. The molecule has 0 saturated heterocycles. The molecule has 8 nitrogen and oxygen atoms in total. The van der Waals surface area contributed by atoms with Crippen LogP contribution in [0.1, 0.15) is 43.4 Å². The van der Waals surface area contributed by atoms with Gasteiger partial charge in [-0.15, -0.1) is 0 Å². The fraction of sp³-hybridized carbons (Fsp3) is 0.241. The molecule has 2 aromatic heterocycles. The van der Waals surface area contributed by atoms with Gasteiger partial charge in [0.1, 0.15) is 5.82 Å². The van der Waals surface area contributed by atoms with Gasteiger partial charge in [0, 0.05) is 23.4 Å². The molecule has 38 heavy (non-hydrogen) atoms. The van der Waals surface area contributed by atoms with E-state index in [2.05, 4.69) is 30.8 Å². The number of halogens is 1. The van der Waals surface area contributed by atoms with E-state index in [1.807, 2.05) is 30.3 Å². The molecule has 192 valence electrons. The van der Waals surface area contributed by atoms with E-state index in [1.54, 1.807) is 24.3 Å². The van der Waals surface area contributed by atoms with Crippen LogP contribution in [0.2, 0.25) is 0 Å². The van der Waals surface area contributed by atoms with Gasteiger partial charge < -0.3 is 10.3 Å². The number of carbonyl (C=O) groups excluding carboxylic acids is 1. The third-order valence-electron chi connectivity index (χ3n) is 7.14. The van der Waals surface area contributed by atoms with Gasteiger partial charge >= 0.3 is 6.03 Å². The number of benzene rings is 3. The van der Waals surface area contributed by atoms with Gasteiger partial charge in [-0.2, -0.15) is 5.10 Å². The number of rotatable bonds is 5. The lowest BCUT2D eigenvalue weighted by molar-refractivity contribution is 0.244. The Morgan fingerprint density at radius 3 is 2.66 bits per heavy atom. The van der Waals surface area contributed by atoms with Crippen molar-refractivity contribution in [3.63, 3.8) is 0 Å². The average Bonchev–Trinajstić information content (AvgIpc) is 3.33. The zero-order chi connectivity index (χ0) is 26.1. The Morgan fingerprint density at radius 2 is 1.82 bits per heavy atom. The van der Waals surface area contributed by atoms with Crippen LogP contribution < -0.4 is 16.2 Å². The second kappa shape index (κ2) is 10.1. The summed E-state index contributed by atoms with van der Waals surface area (Å²) >= 11 is 0. The summed E-state index contributed by atoms with van der Waals surface area (Å²) in [6, 6.07) is 17.6. The standard InChI is InChI=1S/C29H27FN6O2/c30-23-12-10-17(15-25-20-8-4-5-9-21(20)27(37)36-35-25)14-22(23)18-11-13-24-26(16-18)33-28(32-24)34-29(38)31-19-6-2-1-3-7-19/h4-5,8-14,16,19H,1-3,6-7,15H2,(H,36,37)(H3,31,32,33,34,38). The van der Waals surface area contributed by atoms with Crippen molar-refractivity contribution >= 4 is 33.8 Å². The summed E-state index contributed by atoms with van der Waals surface area (Å²) in [5, 5.41) is 13.9. The van der Waals surface area contributed by atoms with E-state index in [-0.39, 0.29) is 23.4 Å². The third-order valence-corrected chi connectivity index (χ3v) is 7.14. The number of amides is 2. The molecule has 9 heteroatoms. The Hall–Kier alpha value is -4.53. The molecule has 1 aliphatic carbocycles. The predicted octanol–water partition coefficient (Wildman–Crippen LogP) is 5.65. The number of fused-ring (bicyclic) bond motifs is 2. The van der Waals surface area contributed by atoms with Crippen LogP contribution in [-0.4, -0.2) is 32.2 Å². The first kappa shape index (κ1) is 23.8. The van der Waals surface area contributed by atoms with Gasteiger partial charge in [0.05, 0.1) is 22.1 Å². The smallest absolute Gasteiger partial charge is 0.321 e. The van der Waals surface area contributed by atoms with E-state index in [0.717, 1.165) is 42.1 Å². The zero-order valence-electron chi connectivity index (χ0n) is 20.7. The van der Waals surface area contributed by atoms with Crippen LogP contribution in [0.15, 0.2) is 65.5 Å². The van der Waals surface area contributed by atoms with Crippen molar-refractivity contribution in [2.24, 2.45) is 0 Å². The molecule has 0 spiro atoms. The van der Waals surface area contributed by atoms with Crippen molar-refractivity contribution in [1.82, 2.24) is 25.5 Å². The molecule has 2 amide bonds. The minimum atomic E-state index is -0.354. The highest BCUT2D eigenvalue weighted by Gasteiger charge is 2.17. The predicted molar refractivity (Wildman–Crippen MR) is 146 cm³/mol. The van der Waals surface area contributed by atoms with Crippen molar-refractivity contribution in [3.05, 3.63) is 88.1 Å². The number of H-pyrrole nitrogens is 2. The normalized spacial score (nSPS) is 14.1. The quantitative estimate of drug-likeness (QED) is 0.244. The summed E-state index contributed by atoms with van der Waals surface area (Å²) in [5.41, 5.74) is 3.79. The van der Waals surface area contributed by atoms with Gasteiger partial charge in [0.2, 0.25) is 5.95 Å². The summed E-state index contributed by atoms with van der Waals surface area (Å²) in [4.78, 5) is 32.2. The SMILES string of the molecule is O=C(Nc1nc2cc(-c3cc(Cc4n[nH]c(=O)c5ccccc45)ccc3F)ccc2[nH]1)NC1CCCCC1. The fourth-order valence-electron chi connectivity index (χ4n) is 5.21. The van der Waals surface area contributed by atoms with Crippen LogP contribution in [0, 0.1) is 5.82 Å². The summed E-state index contributed by atoms with van der Waals surface area (Å²) in [6.07, 6.45) is 5.91. The number of aromatic amines is 2. The van der Waals surface area contributed by atoms with Crippen molar-refractivity contribution in [2.75, 3.05) is 5.32 Å². The molecular formula is C29H27FN6O2. The van der Waals surface area contributed by atoms with E-state index in [9.17, 15) is 14.0 Å². The molecule has 0 radical (unpaired) electrons. The number of nitrogens with one attached hydrogen (secondary N) is 4. The highest BCUT2D eigenvalue weighted by Crippen LogP contribution is 2.29. The Labute approximate surface area is 217 Å². The molecule has 0 bridgehead atoms. The van der Waals surface area contributed by atoms with Gasteiger partial charge in [0.15, 0.2) is 0 Å². The van der Waals surface area contributed by atoms with E-state index in [0.29, 0.717) is 40.1 Å². The minimum Gasteiger partial charge on any atom is -0.335 e. The number of nitrogens with zero attached hydrogens (tertiary/aromatic N) is 2. The maximum atomic E-state index is 14.9. The summed E-state index contributed by atoms with van der Waals surface area (Å²) in [7, 11) is 0. The van der Waals surface area contributed by atoms with Crippen LogP contribution in [0.3, 0.4) is 0 Å². The second-order valence-corrected chi connectivity index (χ2v) is 9.79. The number of hydrogen-bond donors (Lipinski definition) is 4. The van der Waals surface area contributed by atoms with E-state index >= 15 is 0 Å². The van der Waals surface area contributed by atoms with Crippen molar-refractivity contribution in [2.45, 2.75) is 44.6 Å². The number of imidazole rings is 1. The first-order chi connectivity index (χ1) is 18.5. The lowest BCUT2D eigenvalue weighted by Crippen LogP contribution is -2.39. The number of carbonyl (C=O) groups is 1. The Morgan fingerprint density at radius 1 is 1.00 bits per heavy atom. The topological polar surface area (TPSA) is 116 Å². The van der Waals surface area contributed by atoms with Crippen LogP contribution >= 0.6 is 0 Å². The highest BCUT2D eigenvalue weighted by molar-refractivity contribution is 5.91. The largest absolute Gasteiger partial charge is 0.335 e. The second-order valence-electron chi connectivity index (χ2n) is 9.79. The van der Waals surface area contributed by atoms with Crippen molar-refractivity contribution in [1.29, 1.82) is 0 Å². The van der Waals surface area contributed by atoms with E-state index in [1.165, 1.54) is 12.5 Å². The molecule has 6 rings (SSSR count). The number of anilines is 1. The maximum absolute atomic E-state index is 14.9. The van der Waals surface area contributed by atoms with Crippen LogP contribution in [0.25, 0.3) is 32.9 Å². The van der Waals surface area contributed by atoms with Crippen molar-refractivity contribution in [3.8, 4) is 11.1 Å². The summed E-state index contributed by atoms with van der Waals surface area (Å²) in [6.45, 7) is 0. The Balaban J connectivity index is 1.24. The monoisotopic (exact) mass is 510 g/mol. The molecule has 0 unspecified atom stereocenters. The molecule has 5 aromatic rings. The molecular weight excluding hydrogens is 483 g/mol. The van der Waals surface area contributed by atoms with Crippen LogP contribution in [-0.2, 0) is 6.42 Å². The van der Waals surface area contributed by atoms with Gasteiger partial charge in [-0.25, -0.2) is 19.3 Å². The van der Waals surface area contributed by atoms with Gasteiger partial charge in [-0.05, 0) is 54.3 Å². The van der Waals surface area contributed by atoms with Gasteiger partial charge in [0.25, 0.3) is 5.56 Å². The Bertz CT molecular complexity index is 1700. The zero-order valence-corrected chi connectivity index (χ0v) is 20.7. The maximum Gasteiger partial charge on any atom is 0.321 e. The average molecular weight is 511 g/mol. The van der Waals surface area contributed by atoms with Gasteiger partial charge in [-0.3, -0.25) is 10.1 Å². The number of aromatic nitrogens is 4. The molecule has 1 aliphatic rings. The first-order valence-corrected chi connectivity index (χ1v) is 12.9. The van der Waals surface area contributed by atoms with Gasteiger partial charge in [-0.1, -0.05) is 49.6 Å². The summed E-state index contributed by atoms with van der Waals surface area (Å²) < 4.78 is 14.9. The first-order valence-electron chi connectivity index (χ1n) is 12.9. The molecule has 2 heterocycles. The number of hydrogen-bond acceptors (Lipinski definition) is 4. The molecule has 3 aromatic carbocycles. The molecule has 0 atom stereocenters. The highest BCUT2D eigenvalue weighted by atomic mass is 19.1. The van der Waals surface area contributed by atoms with Crippen LogP contribution in [0.5, 0.6) is 0 Å². The Kier molecular flexibility index (Phi) is 6.33. The minimum absolute atomic E-state index is 0.194. The lowest BCUT2D eigenvalue weighted by atomic mass is 9.96. The van der Waals surface area contributed by atoms with Crippen LogP contribution in [0.4, 0.5) is 15.1 Å². The number of urea groups is 1. The molecule has 0 aliphatic heterocycles. The molecule has 1 fully saturated rings.